The average molecular weight is 537 g/mol. The van der Waals surface area contributed by atoms with E-state index in [1.54, 1.807) is 37.4 Å². The summed E-state index contributed by atoms with van der Waals surface area (Å²) in [4.78, 5) is 11.8. The van der Waals surface area contributed by atoms with Crippen molar-refractivity contribution in [2.75, 3.05) is 13.7 Å². The first-order valence-corrected chi connectivity index (χ1v) is 9.25. The maximum absolute atomic E-state index is 11.8. The number of hydrogen-bond acceptors (Lipinski definition) is 5. The molecule has 0 aliphatic carbocycles. The number of nitrogens with zero attached hydrogens (tertiary/aromatic N) is 1. The van der Waals surface area contributed by atoms with Crippen LogP contribution in [0.1, 0.15) is 5.56 Å². The maximum atomic E-state index is 11.8. The first-order chi connectivity index (χ1) is 11.9. The highest BCUT2D eigenvalue weighted by Gasteiger charge is 2.07. The SMILES string of the molecule is COc1ccc(OCC(=O)NN=Cc2cc(Br)c(O)c(Br)c2)c(Br)c1. The predicted octanol–water partition coefficient (Wildman–Crippen LogP) is 4.22. The van der Waals surface area contributed by atoms with Gasteiger partial charge in [0.1, 0.15) is 17.2 Å². The smallest absolute Gasteiger partial charge is 0.277 e. The summed E-state index contributed by atoms with van der Waals surface area (Å²) in [6.45, 7) is -0.189. The Balaban J connectivity index is 1.88. The van der Waals surface area contributed by atoms with Gasteiger partial charge in [-0.3, -0.25) is 4.79 Å². The Morgan fingerprint density at radius 3 is 2.48 bits per heavy atom. The summed E-state index contributed by atoms with van der Waals surface area (Å²) >= 11 is 9.79. The average Bonchev–Trinajstić information content (AvgIpc) is 2.58. The van der Waals surface area contributed by atoms with Gasteiger partial charge in [-0.2, -0.15) is 5.10 Å². The molecule has 2 N–H and O–H groups in total. The van der Waals surface area contributed by atoms with Crippen LogP contribution in [0.25, 0.3) is 0 Å². The van der Waals surface area contributed by atoms with Crippen molar-refractivity contribution >= 4 is 59.9 Å². The van der Waals surface area contributed by atoms with E-state index in [0.29, 0.717) is 30.5 Å². The number of hydrogen-bond donors (Lipinski definition) is 2. The molecule has 2 aromatic carbocycles. The fraction of sp³-hybridized carbons (Fsp3) is 0.125. The van der Waals surface area contributed by atoms with Gasteiger partial charge < -0.3 is 14.6 Å². The minimum absolute atomic E-state index is 0.0969. The monoisotopic (exact) mass is 534 g/mol. The standard InChI is InChI=1S/C16H13Br3N2O4/c1-24-10-2-3-14(11(17)6-10)25-8-15(22)21-20-7-9-4-12(18)16(23)13(19)5-9/h2-7,23H,8H2,1H3,(H,21,22). The molecule has 0 heterocycles. The van der Waals surface area contributed by atoms with Crippen molar-refractivity contribution in [3.05, 3.63) is 49.3 Å². The number of rotatable bonds is 6. The Kier molecular flexibility index (Phi) is 7.27. The van der Waals surface area contributed by atoms with Gasteiger partial charge in [-0.05, 0) is 83.7 Å². The van der Waals surface area contributed by atoms with Crippen LogP contribution in [-0.2, 0) is 4.79 Å². The highest BCUT2D eigenvalue weighted by Crippen LogP contribution is 2.32. The van der Waals surface area contributed by atoms with Gasteiger partial charge >= 0.3 is 0 Å². The lowest BCUT2D eigenvalue weighted by Gasteiger charge is -2.08. The van der Waals surface area contributed by atoms with Crippen molar-refractivity contribution in [1.29, 1.82) is 0 Å². The molecule has 1 amide bonds. The summed E-state index contributed by atoms with van der Waals surface area (Å²) in [5, 5.41) is 13.5. The number of carbonyl (C=O) groups excluding carboxylic acids is 1. The van der Waals surface area contributed by atoms with Crippen molar-refractivity contribution in [3.8, 4) is 17.2 Å². The molecule has 0 aromatic heterocycles. The minimum Gasteiger partial charge on any atom is -0.506 e. The van der Waals surface area contributed by atoms with Crippen LogP contribution < -0.4 is 14.9 Å². The highest BCUT2D eigenvalue weighted by atomic mass is 79.9. The molecule has 2 aromatic rings. The highest BCUT2D eigenvalue weighted by molar-refractivity contribution is 9.11. The molecule has 0 aliphatic rings. The molecule has 2 rings (SSSR count). The van der Waals surface area contributed by atoms with Crippen molar-refractivity contribution in [1.82, 2.24) is 5.43 Å². The number of phenols is 1. The van der Waals surface area contributed by atoms with Gasteiger partial charge in [-0.1, -0.05) is 0 Å². The van der Waals surface area contributed by atoms with Crippen molar-refractivity contribution in [2.24, 2.45) is 5.10 Å². The van der Waals surface area contributed by atoms with Crippen LogP contribution >= 0.6 is 47.8 Å². The summed E-state index contributed by atoms with van der Waals surface area (Å²) < 4.78 is 12.2. The lowest BCUT2D eigenvalue weighted by molar-refractivity contribution is -0.123. The lowest BCUT2D eigenvalue weighted by atomic mass is 10.2. The van der Waals surface area contributed by atoms with E-state index in [1.165, 1.54) is 6.21 Å². The third-order valence-corrected chi connectivity index (χ3v) is 4.77. The van der Waals surface area contributed by atoms with Crippen LogP contribution in [-0.4, -0.2) is 30.9 Å². The summed E-state index contributed by atoms with van der Waals surface area (Å²) in [7, 11) is 1.57. The maximum Gasteiger partial charge on any atom is 0.277 e. The van der Waals surface area contributed by atoms with E-state index >= 15 is 0 Å². The van der Waals surface area contributed by atoms with Crippen molar-refractivity contribution in [2.45, 2.75) is 0 Å². The topological polar surface area (TPSA) is 80.2 Å². The number of amides is 1. The normalized spacial score (nSPS) is 10.7. The number of aromatic hydroxyl groups is 1. The molecule has 9 heteroatoms. The van der Waals surface area contributed by atoms with E-state index in [1.807, 2.05) is 0 Å². The zero-order valence-electron chi connectivity index (χ0n) is 12.9. The number of carbonyl (C=O) groups is 1. The number of benzene rings is 2. The largest absolute Gasteiger partial charge is 0.506 e. The van der Waals surface area contributed by atoms with Gasteiger partial charge in [-0.15, -0.1) is 0 Å². The molecule has 0 aliphatic heterocycles. The number of nitrogens with one attached hydrogen (secondary N) is 1. The molecule has 25 heavy (non-hydrogen) atoms. The van der Waals surface area contributed by atoms with Gasteiger partial charge in [-0.25, -0.2) is 5.43 Å². The molecule has 0 saturated carbocycles. The second kappa shape index (κ2) is 9.21. The molecule has 0 saturated heterocycles. The van der Waals surface area contributed by atoms with Gasteiger partial charge in [0, 0.05) is 0 Å². The van der Waals surface area contributed by atoms with Crippen molar-refractivity contribution in [3.63, 3.8) is 0 Å². The molecule has 0 atom stereocenters. The summed E-state index contributed by atoms with van der Waals surface area (Å²) in [5.74, 6) is 0.890. The van der Waals surface area contributed by atoms with Gasteiger partial charge in [0.05, 0.1) is 26.7 Å². The first-order valence-electron chi connectivity index (χ1n) is 6.87. The number of phenolic OH excluding ortho intramolecular Hbond substituents is 1. The molecule has 0 bridgehead atoms. The fourth-order valence-electron chi connectivity index (χ4n) is 1.74. The second-order valence-electron chi connectivity index (χ2n) is 4.71. The third-order valence-electron chi connectivity index (χ3n) is 2.94. The van der Waals surface area contributed by atoms with Crippen LogP contribution in [0.4, 0.5) is 0 Å². The Bertz CT molecular complexity index is 789. The van der Waals surface area contributed by atoms with Gasteiger partial charge in [0.2, 0.25) is 0 Å². The van der Waals surface area contributed by atoms with E-state index in [2.05, 4.69) is 58.3 Å². The number of halogens is 3. The number of hydrazone groups is 1. The van der Waals surface area contributed by atoms with Crippen LogP contribution in [0.3, 0.4) is 0 Å². The number of methoxy groups -OCH3 is 1. The Morgan fingerprint density at radius 1 is 1.20 bits per heavy atom. The van der Waals surface area contributed by atoms with Crippen LogP contribution in [0.5, 0.6) is 17.2 Å². The minimum atomic E-state index is -0.407. The van der Waals surface area contributed by atoms with E-state index in [9.17, 15) is 9.90 Å². The summed E-state index contributed by atoms with van der Waals surface area (Å²) in [6, 6.07) is 8.51. The van der Waals surface area contributed by atoms with Crippen LogP contribution in [0, 0.1) is 0 Å². The summed E-state index contributed by atoms with van der Waals surface area (Å²) in [6.07, 6.45) is 1.45. The Hall–Kier alpha value is -1.58. The van der Waals surface area contributed by atoms with Crippen LogP contribution in [0.2, 0.25) is 0 Å². The first kappa shape index (κ1) is 19.7. The Labute approximate surface area is 169 Å². The zero-order valence-corrected chi connectivity index (χ0v) is 17.7. The van der Waals surface area contributed by atoms with E-state index < -0.39 is 5.91 Å². The molecule has 0 radical (unpaired) electrons. The van der Waals surface area contributed by atoms with E-state index in [4.69, 9.17) is 9.47 Å². The molecule has 132 valence electrons. The molecule has 6 nitrogen and oxygen atoms in total. The molecular weight excluding hydrogens is 524 g/mol. The van der Waals surface area contributed by atoms with E-state index in [0.717, 1.165) is 0 Å². The third kappa shape index (κ3) is 5.72. The molecule has 0 spiro atoms. The molecule has 0 fully saturated rings. The lowest BCUT2D eigenvalue weighted by Crippen LogP contribution is -2.24. The quantitative estimate of drug-likeness (QED) is 0.428. The summed E-state index contributed by atoms with van der Waals surface area (Å²) in [5.41, 5.74) is 3.06. The Morgan fingerprint density at radius 2 is 1.88 bits per heavy atom. The second-order valence-corrected chi connectivity index (χ2v) is 7.27. The van der Waals surface area contributed by atoms with Gasteiger partial charge in [0.25, 0.3) is 5.91 Å². The van der Waals surface area contributed by atoms with Crippen molar-refractivity contribution < 1.29 is 19.4 Å². The fourth-order valence-corrected chi connectivity index (χ4v) is 3.43. The zero-order chi connectivity index (χ0) is 18.4. The predicted molar refractivity (Wildman–Crippen MR) is 105 cm³/mol. The van der Waals surface area contributed by atoms with Crippen LogP contribution in [0.15, 0.2) is 48.9 Å². The molecule has 0 unspecified atom stereocenters. The van der Waals surface area contributed by atoms with E-state index in [-0.39, 0.29) is 12.4 Å². The molecular formula is C16H13Br3N2O4. The van der Waals surface area contributed by atoms with Gasteiger partial charge in [0.15, 0.2) is 6.61 Å². The number of ether oxygens (including phenoxy) is 2.